The van der Waals surface area contributed by atoms with Crippen molar-refractivity contribution in [2.45, 2.75) is 19.3 Å². The van der Waals surface area contributed by atoms with Crippen LogP contribution in [-0.2, 0) is 0 Å². The van der Waals surface area contributed by atoms with Gasteiger partial charge in [0.2, 0.25) is 11.8 Å². The minimum atomic E-state index is 0.401. The molecule has 5 rings (SSSR count). The molecule has 6 nitrogen and oxygen atoms in total. The monoisotopic (exact) mass is 318 g/mol. The van der Waals surface area contributed by atoms with E-state index in [2.05, 4.69) is 27.3 Å². The molecule has 3 aromatic heterocycles. The molecule has 24 heavy (non-hydrogen) atoms. The molecule has 1 saturated carbocycles. The smallest absolute Gasteiger partial charge is 0.258 e. The van der Waals surface area contributed by atoms with Crippen molar-refractivity contribution < 1.29 is 8.94 Å². The zero-order chi connectivity index (χ0) is 16.1. The number of benzene rings is 1. The molecule has 0 N–H and O–H groups in total. The zero-order valence-electron chi connectivity index (χ0n) is 13.0. The summed E-state index contributed by atoms with van der Waals surface area (Å²) < 4.78 is 11.2. The van der Waals surface area contributed by atoms with Gasteiger partial charge in [0.25, 0.3) is 5.71 Å². The molecule has 1 fully saturated rings. The maximum absolute atomic E-state index is 5.82. The SMILES string of the molecule is C[C@@H]1C[C@H]1c1nnc(-c2cnc3onc(-c4ccccc4)c3c2)o1. The summed E-state index contributed by atoms with van der Waals surface area (Å²) in [7, 11) is 0. The van der Waals surface area contributed by atoms with Gasteiger partial charge in [-0.2, -0.15) is 0 Å². The fraction of sp³-hybridized carbons (Fsp3) is 0.222. The average molecular weight is 318 g/mol. The number of rotatable bonds is 3. The highest BCUT2D eigenvalue weighted by atomic mass is 16.5. The van der Waals surface area contributed by atoms with Crippen molar-refractivity contribution in [1.29, 1.82) is 0 Å². The Morgan fingerprint density at radius 1 is 1.08 bits per heavy atom. The third kappa shape index (κ3) is 2.11. The summed E-state index contributed by atoms with van der Waals surface area (Å²) in [6.07, 6.45) is 2.79. The van der Waals surface area contributed by atoms with Gasteiger partial charge in [-0.05, 0) is 18.4 Å². The summed E-state index contributed by atoms with van der Waals surface area (Å²) in [6, 6.07) is 11.8. The molecular weight excluding hydrogens is 304 g/mol. The molecule has 118 valence electrons. The first-order valence-corrected chi connectivity index (χ1v) is 7.94. The number of pyridine rings is 1. The molecular formula is C18H14N4O2. The molecule has 1 aromatic carbocycles. The highest BCUT2D eigenvalue weighted by Gasteiger charge is 2.38. The number of hydrogen-bond acceptors (Lipinski definition) is 6. The van der Waals surface area contributed by atoms with Gasteiger partial charge in [-0.15, -0.1) is 10.2 Å². The summed E-state index contributed by atoms with van der Waals surface area (Å²) >= 11 is 0. The van der Waals surface area contributed by atoms with E-state index in [1.54, 1.807) is 6.20 Å². The summed E-state index contributed by atoms with van der Waals surface area (Å²) in [5.41, 5.74) is 3.01. The molecule has 0 saturated heterocycles. The molecule has 1 aliphatic carbocycles. The van der Waals surface area contributed by atoms with Crippen LogP contribution in [-0.4, -0.2) is 20.3 Å². The summed E-state index contributed by atoms with van der Waals surface area (Å²) in [5, 5.41) is 13.3. The van der Waals surface area contributed by atoms with Crippen LogP contribution in [0.2, 0.25) is 0 Å². The van der Waals surface area contributed by atoms with Crippen molar-refractivity contribution in [3.05, 3.63) is 48.5 Å². The normalized spacial score (nSPS) is 19.7. The second-order valence-corrected chi connectivity index (χ2v) is 6.24. The lowest BCUT2D eigenvalue weighted by molar-refractivity contribution is 0.451. The van der Waals surface area contributed by atoms with Crippen molar-refractivity contribution in [2.24, 2.45) is 5.92 Å². The van der Waals surface area contributed by atoms with Crippen molar-refractivity contribution in [3.8, 4) is 22.7 Å². The van der Waals surface area contributed by atoms with Gasteiger partial charge in [0.15, 0.2) is 0 Å². The van der Waals surface area contributed by atoms with E-state index in [-0.39, 0.29) is 0 Å². The molecule has 2 atom stereocenters. The molecule has 0 bridgehead atoms. The Morgan fingerprint density at radius 3 is 2.71 bits per heavy atom. The predicted molar refractivity (Wildman–Crippen MR) is 87.1 cm³/mol. The van der Waals surface area contributed by atoms with Gasteiger partial charge in [-0.3, -0.25) is 0 Å². The molecule has 3 heterocycles. The van der Waals surface area contributed by atoms with Crippen LogP contribution in [0, 0.1) is 5.92 Å². The summed E-state index contributed by atoms with van der Waals surface area (Å²) in [4.78, 5) is 4.33. The van der Waals surface area contributed by atoms with Crippen LogP contribution in [0.3, 0.4) is 0 Å². The van der Waals surface area contributed by atoms with Crippen LogP contribution in [0.4, 0.5) is 0 Å². The minimum absolute atomic E-state index is 0.401. The Kier molecular flexibility index (Phi) is 2.79. The topological polar surface area (TPSA) is 77.8 Å². The Hall–Kier alpha value is -3.02. The first-order chi connectivity index (χ1) is 11.8. The third-order valence-corrected chi connectivity index (χ3v) is 4.49. The Labute approximate surface area is 137 Å². The van der Waals surface area contributed by atoms with E-state index in [1.807, 2.05) is 36.4 Å². The lowest BCUT2D eigenvalue weighted by Crippen LogP contribution is -1.82. The molecule has 0 amide bonds. The number of aromatic nitrogens is 4. The first kappa shape index (κ1) is 13.4. The minimum Gasteiger partial charge on any atom is -0.420 e. The molecule has 0 aliphatic heterocycles. The molecule has 1 aliphatic rings. The summed E-state index contributed by atoms with van der Waals surface area (Å²) in [5.74, 6) is 2.23. The molecule has 4 aromatic rings. The van der Waals surface area contributed by atoms with E-state index in [0.29, 0.717) is 29.3 Å². The third-order valence-electron chi connectivity index (χ3n) is 4.49. The van der Waals surface area contributed by atoms with Gasteiger partial charge in [0.1, 0.15) is 5.69 Å². The largest absolute Gasteiger partial charge is 0.420 e. The number of hydrogen-bond donors (Lipinski definition) is 0. The number of nitrogens with zero attached hydrogens (tertiary/aromatic N) is 4. The van der Waals surface area contributed by atoms with Gasteiger partial charge in [0.05, 0.1) is 10.9 Å². The first-order valence-electron chi connectivity index (χ1n) is 7.94. The van der Waals surface area contributed by atoms with Crippen LogP contribution >= 0.6 is 0 Å². The average Bonchev–Trinajstić information content (AvgIpc) is 3.05. The van der Waals surface area contributed by atoms with E-state index in [9.17, 15) is 0 Å². The van der Waals surface area contributed by atoms with Gasteiger partial charge in [-0.1, -0.05) is 42.4 Å². The lowest BCUT2D eigenvalue weighted by atomic mass is 10.1. The second-order valence-electron chi connectivity index (χ2n) is 6.24. The Balaban J connectivity index is 1.59. The van der Waals surface area contributed by atoms with Crippen LogP contribution in [0.15, 0.2) is 51.5 Å². The van der Waals surface area contributed by atoms with Crippen LogP contribution in [0.25, 0.3) is 33.8 Å². The number of fused-ring (bicyclic) bond motifs is 1. The van der Waals surface area contributed by atoms with E-state index in [1.165, 1.54) is 0 Å². The Morgan fingerprint density at radius 2 is 1.92 bits per heavy atom. The molecule has 0 spiro atoms. The standard InChI is InChI=1S/C18H14N4O2/c1-10-7-13(10)18-21-20-16(23-18)12-8-14-15(11-5-3-2-4-6-11)22-24-17(14)19-9-12/h2-6,8-10,13H,7H2,1H3/t10-,13-/m1/s1. The van der Waals surface area contributed by atoms with Crippen molar-refractivity contribution >= 4 is 11.1 Å². The second kappa shape index (κ2) is 4.99. The van der Waals surface area contributed by atoms with Gasteiger partial charge in [0, 0.05) is 17.7 Å². The van der Waals surface area contributed by atoms with E-state index in [4.69, 9.17) is 8.94 Å². The Bertz CT molecular complexity index is 1020. The quantitative estimate of drug-likeness (QED) is 0.567. The lowest BCUT2D eigenvalue weighted by Gasteiger charge is -1.97. The zero-order valence-corrected chi connectivity index (χ0v) is 13.0. The van der Waals surface area contributed by atoms with Gasteiger partial charge >= 0.3 is 0 Å². The summed E-state index contributed by atoms with van der Waals surface area (Å²) in [6.45, 7) is 2.19. The van der Waals surface area contributed by atoms with Crippen molar-refractivity contribution in [1.82, 2.24) is 20.3 Å². The highest BCUT2D eigenvalue weighted by molar-refractivity contribution is 5.91. The van der Waals surface area contributed by atoms with E-state index < -0.39 is 0 Å². The van der Waals surface area contributed by atoms with Crippen molar-refractivity contribution in [3.63, 3.8) is 0 Å². The fourth-order valence-electron chi connectivity index (χ4n) is 2.92. The van der Waals surface area contributed by atoms with Gasteiger partial charge < -0.3 is 8.94 Å². The maximum atomic E-state index is 5.82. The van der Waals surface area contributed by atoms with Crippen LogP contribution < -0.4 is 0 Å². The maximum Gasteiger partial charge on any atom is 0.258 e. The van der Waals surface area contributed by atoms with Crippen molar-refractivity contribution in [2.75, 3.05) is 0 Å². The van der Waals surface area contributed by atoms with E-state index >= 15 is 0 Å². The van der Waals surface area contributed by atoms with Crippen LogP contribution in [0.5, 0.6) is 0 Å². The highest BCUT2D eigenvalue weighted by Crippen LogP contribution is 2.46. The molecule has 0 radical (unpaired) electrons. The molecule has 0 unspecified atom stereocenters. The van der Waals surface area contributed by atoms with Crippen LogP contribution in [0.1, 0.15) is 25.2 Å². The predicted octanol–water partition coefficient (Wildman–Crippen LogP) is 4.06. The van der Waals surface area contributed by atoms with E-state index in [0.717, 1.165) is 28.6 Å². The molecule has 6 heteroatoms. The van der Waals surface area contributed by atoms with Gasteiger partial charge in [-0.25, -0.2) is 4.98 Å². The fourth-order valence-corrected chi connectivity index (χ4v) is 2.92.